The Kier molecular flexibility index (Phi) is 3.55. The van der Waals surface area contributed by atoms with Gasteiger partial charge in [0, 0.05) is 17.0 Å². The summed E-state index contributed by atoms with van der Waals surface area (Å²) in [5.41, 5.74) is 7.51. The van der Waals surface area contributed by atoms with Gasteiger partial charge in [0.25, 0.3) is 0 Å². The van der Waals surface area contributed by atoms with Gasteiger partial charge in [0.05, 0.1) is 5.39 Å². The third-order valence-corrected chi connectivity index (χ3v) is 6.06. The topological polar surface area (TPSA) is 63.8 Å². The summed E-state index contributed by atoms with van der Waals surface area (Å²) in [6, 6.07) is 0.907. The SMILES string of the molecule is NC1CCC(Nc2ncnc3sc4c(c23)CCCC4)CC1. The Bertz CT molecular complexity index is 643. The number of nitrogens with zero attached hydrogens (tertiary/aromatic N) is 2. The van der Waals surface area contributed by atoms with E-state index in [1.807, 2.05) is 11.3 Å². The van der Waals surface area contributed by atoms with E-state index < -0.39 is 0 Å². The maximum absolute atomic E-state index is 6.00. The monoisotopic (exact) mass is 302 g/mol. The molecule has 5 heteroatoms. The summed E-state index contributed by atoms with van der Waals surface area (Å²) < 4.78 is 0. The van der Waals surface area contributed by atoms with Crippen LogP contribution in [0.4, 0.5) is 5.82 Å². The Morgan fingerprint density at radius 1 is 1.10 bits per heavy atom. The molecule has 0 unspecified atom stereocenters. The highest BCUT2D eigenvalue weighted by Gasteiger charge is 2.23. The van der Waals surface area contributed by atoms with Gasteiger partial charge in [-0.05, 0) is 56.9 Å². The van der Waals surface area contributed by atoms with Crippen LogP contribution in [0, 0.1) is 0 Å². The van der Waals surface area contributed by atoms with E-state index in [1.165, 1.54) is 41.5 Å². The largest absolute Gasteiger partial charge is 0.367 e. The fourth-order valence-electron chi connectivity index (χ4n) is 3.66. The Morgan fingerprint density at radius 2 is 1.90 bits per heavy atom. The quantitative estimate of drug-likeness (QED) is 0.894. The molecule has 0 radical (unpaired) electrons. The molecule has 2 aliphatic carbocycles. The van der Waals surface area contributed by atoms with Crippen LogP contribution in [0.2, 0.25) is 0 Å². The average molecular weight is 302 g/mol. The molecule has 112 valence electrons. The predicted molar refractivity (Wildman–Crippen MR) is 87.9 cm³/mol. The second kappa shape index (κ2) is 5.54. The van der Waals surface area contributed by atoms with Gasteiger partial charge >= 0.3 is 0 Å². The minimum atomic E-state index is 0.391. The van der Waals surface area contributed by atoms with Gasteiger partial charge in [-0.3, -0.25) is 0 Å². The minimum Gasteiger partial charge on any atom is -0.367 e. The lowest BCUT2D eigenvalue weighted by atomic mass is 9.91. The van der Waals surface area contributed by atoms with Crippen molar-refractivity contribution in [2.24, 2.45) is 5.73 Å². The zero-order valence-corrected chi connectivity index (χ0v) is 13.1. The van der Waals surface area contributed by atoms with E-state index in [2.05, 4.69) is 15.3 Å². The zero-order chi connectivity index (χ0) is 14.2. The summed E-state index contributed by atoms with van der Waals surface area (Å²) in [6.45, 7) is 0. The number of rotatable bonds is 2. The van der Waals surface area contributed by atoms with E-state index in [-0.39, 0.29) is 0 Å². The summed E-state index contributed by atoms with van der Waals surface area (Å²) in [5, 5.41) is 4.98. The molecule has 21 heavy (non-hydrogen) atoms. The van der Waals surface area contributed by atoms with Crippen LogP contribution in [-0.4, -0.2) is 22.1 Å². The van der Waals surface area contributed by atoms with Gasteiger partial charge in [-0.1, -0.05) is 0 Å². The highest BCUT2D eigenvalue weighted by atomic mass is 32.1. The summed E-state index contributed by atoms with van der Waals surface area (Å²) in [7, 11) is 0. The fourth-order valence-corrected chi connectivity index (χ4v) is 4.89. The number of aromatic nitrogens is 2. The number of anilines is 1. The first-order valence-electron chi connectivity index (χ1n) is 8.08. The molecule has 2 aromatic rings. The van der Waals surface area contributed by atoms with E-state index >= 15 is 0 Å². The Hall–Kier alpha value is -1.20. The summed E-state index contributed by atoms with van der Waals surface area (Å²) >= 11 is 1.87. The van der Waals surface area contributed by atoms with E-state index in [9.17, 15) is 0 Å². The lowest BCUT2D eigenvalue weighted by Gasteiger charge is -2.27. The molecule has 0 amide bonds. The smallest absolute Gasteiger partial charge is 0.138 e. The van der Waals surface area contributed by atoms with Crippen LogP contribution in [0.15, 0.2) is 6.33 Å². The highest BCUT2D eigenvalue weighted by molar-refractivity contribution is 7.19. The number of nitrogens with two attached hydrogens (primary N) is 1. The average Bonchev–Trinajstić information content (AvgIpc) is 2.89. The number of hydrogen-bond acceptors (Lipinski definition) is 5. The van der Waals surface area contributed by atoms with E-state index in [0.717, 1.165) is 36.3 Å². The molecule has 0 spiro atoms. The van der Waals surface area contributed by atoms with E-state index in [1.54, 1.807) is 6.33 Å². The normalized spacial score (nSPS) is 25.8. The van der Waals surface area contributed by atoms with Crippen molar-refractivity contribution in [1.29, 1.82) is 0 Å². The van der Waals surface area contributed by atoms with Gasteiger partial charge in [-0.25, -0.2) is 9.97 Å². The van der Waals surface area contributed by atoms with Crippen LogP contribution < -0.4 is 11.1 Å². The summed E-state index contributed by atoms with van der Waals surface area (Å²) in [5.74, 6) is 1.06. The molecule has 0 aromatic carbocycles. The van der Waals surface area contributed by atoms with E-state index in [0.29, 0.717) is 12.1 Å². The first-order valence-corrected chi connectivity index (χ1v) is 8.90. The lowest BCUT2D eigenvalue weighted by Crippen LogP contribution is -2.33. The number of aryl methyl sites for hydroxylation is 2. The van der Waals surface area contributed by atoms with Crippen LogP contribution >= 0.6 is 11.3 Å². The molecule has 0 aliphatic heterocycles. The van der Waals surface area contributed by atoms with Gasteiger partial charge < -0.3 is 11.1 Å². The second-order valence-electron chi connectivity index (χ2n) is 6.37. The van der Waals surface area contributed by atoms with Crippen molar-refractivity contribution in [1.82, 2.24) is 9.97 Å². The zero-order valence-electron chi connectivity index (χ0n) is 12.3. The molecule has 2 aromatic heterocycles. The first-order chi connectivity index (χ1) is 10.3. The number of nitrogens with one attached hydrogen (secondary N) is 1. The molecule has 2 aliphatic rings. The molecular weight excluding hydrogens is 280 g/mol. The van der Waals surface area contributed by atoms with Crippen molar-refractivity contribution < 1.29 is 0 Å². The van der Waals surface area contributed by atoms with Crippen molar-refractivity contribution in [3.8, 4) is 0 Å². The highest BCUT2D eigenvalue weighted by Crippen LogP contribution is 2.38. The molecule has 0 saturated heterocycles. The van der Waals surface area contributed by atoms with Crippen LogP contribution in [0.5, 0.6) is 0 Å². The van der Waals surface area contributed by atoms with Gasteiger partial charge in [-0.2, -0.15) is 0 Å². The standard InChI is InChI=1S/C16H22N4S/c17-10-5-7-11(8-6-10)20-15-14-12-3-1-2-4-13(12)21-16(14)19-9-18-15/h9-11H,1-8,17H2,(H,18,19,20). The molecule has 1 saturated carbocycles. The molecule has 0 bridgehead atoms. The molecule has 1 fully saturated rings. The van der Waals surface area contributed by atoms with Gasteiger partial charge in [0.2, 0.25) is 0 Å². The van der Waals surface area contributed by atoms with Crippen molar-refractivity contribution >= 4 is 27.4 Å². The maximum Gasteiger partial charge on any atom is 0.138 e. The molecule has 4 rings (SSSR count). The Labute approximate surface area is 129 Å². The van der Waals surface area contributed by atoms with Crippen molar-refractivity contribution in [3.63, 3.8) is 0 Å². The summed E-state index contributed by atoms with van der Waals surface area (Å²) in [4.78, 5) is 11.7. The molecule has 2 heterocycles. The van der Waals surface area contributed by atoms with Crippen molar-refractivity contribution in [3.05, 3.63) is 16.8 Å². The van der Waals surface area contributed by atoms with Crippen LogP contribution in [0.1, 0.15) is 49.0 Å². The second-order valence-corrected chi connectivity index (χ2v) is 7.45. The third kappa shape index (κ3) is 2.53. The number of thiophene rings is 1. The van der Waals surface area contributed by atoms with Crippen LogP contribution in [-0.2, 0) is 12.8 Å². The maximum atomic E-state index is 6.00. The minimum absolute atomic E-state index is 0.391. The fraction of sp³-hybridized carbons (Fsp3) is 0.625. The molecule has 0 atom stereocenters. The van der Waals surface area contributed by atoms with Gasteiger partial charge in [0.1, 0.15) is 17.0 Å². The van der Waals surface area contributed by atoms with Gasteiger partial charge in [0.15, 0.2) is 0 Å². The Morgan fingerprint density at radius 3 is 2.76 bits per heavy atom. The van der Waals surface area contributed by atoms with Crippen molar-refractivity contribution in [2.75, 3.05) is 5.32 Å². The lowest BCUT2D eigenvalue weighted by molar-refractivity contribution is 0.410. The Balaban J connectivity index is 1.66. The number of fused-ring (bicyclic) bond motifs is 3. The predicted octanol–water partition coefficient (Wildman–Crippen LogP) is 3.25. The van der Waals surface area contributed by atoms with Crippen LogP contribution in [0.3, 0.4) is 0 Å². The van der Waals surface area contributed by atoms with Crippen LogP contribution in [0.25, 0.3) is 10.2 Å². The summed E-state index contributed by atoms with van der Waals surface area (Å²) in [6.07, 6.45) is 11.3. The number of hydrogen-bond donors (Lipinski definition) is 2. The molecule has 3 N–H and O–H groups in total. The molecule has 4 nitrogen and oxygen atoms in total. The van der Waals surface area contributed by atoms with Crippen molar-refractivity contribution in [2.45, 2.75) is 63.5 Å². The van der Waals surface area contributed by atoms with Gasteiger partial charge in [-0.15, -0.1) is 11.3 Å². The first kappa shape index (κ1) is 13.5. The molecular formula is C16H22N4S. The van der Waals surface area contributed by atoms with E-state index in [4.69, 9.17) is 5.73 Å². The third-order valence-electron chi connectivity index (χ3n) is 4.86.